The van der Waals surface area contributed by atoms with E-state index in [0.29, 0.717) is 19.0 Å². The highest BCUT2D eigenvalue weighted by Gasteiger charge is 2.28. The Morgan fingerprint density at radius 2 is 2.15 bits per heavy atom. The zero-order chi connectivity index (χ0) is 18.5. The predicted octanol–water partition coefficient (Wildman–Crippen LogP) is 3.92. The number of hydrogen-bond acceptors (Lipinski definition) is 7. The van der Waals surface area contributed by atoms with Gasteiger partial charge >= 0.3 is 0 Å². The first-order valence-corrected chi connectivity index (χ1v) is 9.45. The number of benzene rings is 1. The number of hydrogen-bond donors (Lipinski definition) is 0. The number of fused-ring (bicyclic) bond motifs is 1. The molecule has 0 N–H and O–H groups in total. The van der Waals surface area contributed by atoms with E-state index < -0.39 is 0 Å². The van der Waals surface area contributed by atoms with Crippen molar-refractivity contribution in [2.24, 2.45) is 4.99 Å². The Balaban J connectivity index is 1.57. The summed E-state index contributed by atoms with van der Waals surface area (Å²) in [7, 11) is 0. The van der Waals surface area contributed by atoms with Gasteiger partial charge in [-0.05, 0) is 29.8 Å². The van der Waals surface area contributed by atoms with Crippen molar-refractivity contribution in [1.29, 1.82) is 5.26 Å². The summed E-state index contributed by atoms with van der Waals surface area (Å²) >= 11 is 1.57. The molecule has 6 nitrogen and oxygen atoms in total. The largest absolute Gasteiger partial charge is 0.464 e. The zero-order valence-electron chi connectivity index (χ0n) is 14.5. The second-order valence-electron chi connectivity index (χ2n) is 5.98. The Morgan fingerprint density at radius 1 is 1.22 bits per heavy atom. The van der Waals surface area contributed by atoms with Crippen molar-refractivity contribution < 1.29 is 4.74 Å². The van der Waals surface area contributed by atoms with Gasteiger partial charge in [0.15, 0.2) is 5.13 Å². The SMILES string of the molecule is N#CCC1C=CN=C(OCCc2cccnc2)N1c1nc2ccccc2s1. The molecule has 1 aliphatic heterocycles. The third-order valence-corrected chi connectivity index (χ3v) is 5.20. The quantitative estimate of drug-likeness (QED) is 0.676. The lowest BCUT2D eigenvalue weighted by Crippen LogP contribution is -2.42. The zero-order valence-corrected chi connectivity index (χ0v) is 15.3. The molecule has 3 aromatic rings. The molecular weight excluding hydrogens is 358 g/mol. The van der Waals surface area contributed by atoms with Crippen molar-refractivity contribution >= 4 is 32.7 Å². The van der Waals surface area contributed by atoms with Gasteiger partial charge in [-0.1, -0.05) is 29.5 Å². The highest BCUT2D eigenvalue weighted by atomic mass is 32.1. The molecule has 1 aliphatic rings. The number of aliphatic imine (C=N–C) groups is 1. The maximum absolute atomic E-state index is 9.22. The van der Waals surface area contributed by atoms with Crippen LogP contribution in [0.25, 0.3) is 10.2 Å². The van der Waals surface area contributed by atoms with Gasteiger partial charge < -0.3 is 4.74 Å². The molecule has 7 heteroatoms. The predicted molar refractivity (Wildman–Crippen MR) is 107 cm³/mol. The Bertz CT molecular complexity index is 989. The van der Waals surface area contributed by atoms with Gasteiger partial charge in [-0.15, -0.1) is 0 Å². The van der Waals surface area contributed by atoms with E-state index in [0.717, 1.165) is 27.3 Å². The van der Waals surface area contributed by atoms with Crippen molar-refractivity contribution in [1.82, 2.24) is 9.97 Å². The number of para-hydroxylation sites is 1. The minimum absolute atomic E-state index is 0.151. The lowest BCUT2D eigenvalue weighted by atomic mass is 10.2. The molecule has 3 heterocycles. The van der Waals surface area contributed by atoms with Crippen LogP contribution in [0.2, 0.25) is 0 Å². The van der Waals surface area contributed by atoms with Crippen LogP contribution in [0.1, 0.15) is 12.0 Å². The molecule has 2 aromatic heterocycles. The van der Waals surface area contributed by atoms with E-state index in [1.807, 2.05) is 53.6 Å². The number of aromatic nitrogens is 2. The second-order valence-corrected chi connectivity index (χ2v) is 6.99. The number of ether oxygens (including phenoxy) is 1. The standard InChI is InChI=1S/C20H17N5OS/c21-10-7-16-8-12-23-19(26-13-9-15-4-3-11-22-14-15)25(16)20-24-17-5-1-2-6-18(17)27-20/h1-6,8,11-12,14,16H,7,9,13H2. The number of thiazole rings is 1. The molecule has 0 fully saturated rings. The molecule has 4 rings (SSSR count). The van der Waals surface area contributed by atoms with Crippen LogP contribution < -0.4 is 4.90 Å². The normalized spacial score (nSPS) is 16.2. The van der Waals surface area contributed by atoms with E-state index in [2.05, 4.69) is 16.0 Å². The highest BCUT2D eigenvalue weighted by Crippen LogP contribution is 2.32. The summed E-state index contributed by atoms with van der Waals surface area (Å²) in [5.41, 5.74) is 2.03. The molecule has 0 radical (unpaired) electrons. The third kappa shape index (κ3) is 3.81. The summed E-state index contributed by atoms with van der Waals surface area (Å²) in [4.78, 5) is 15.2. The van der Waals surface area contributed by atoms with Crippen LogP contribution in [0, 0.1) is 11.3 Å². The van der Waals surface area contributed by atoms with Gasteiger partial charge in [0, 0.05) is 25.0 Å². The van der Waals surface area contributed by atoms with Crippen molar-refractivity contribution in [2.45, 2.75) is 18.9 Å². The van der Waals surface area contributed by atoms with Crippen LogP contribution in [-0.4, -0.2) is 28.6 Å². The first-order valence-electron chi connectivity index (χ1n) is 8.63. The molecule has 0 amide bonds. The first kappa shape index (κ1) is 17.2. The maximum atomic E-state index is 9.22. The molecule has 1 unspecified atom stereocenters. The Kier molecular flexibility index (Phi) is 5.08. The maximum Gasteiger partial charge on any atom is 0.299 e. The molecular formula is C20H17N5OS. The summed E-state index contributed by atoms with van der Waals surface area (Å²) in [6.45, 7) is 0.471. The number of nitriles is 1. The van der Waals surface area contributed by atoms with E-state index in [-0.39, 0.29) is 6.04 Å². The van der Waals surface area contributed by atoms with Crippen molar-refractivity contribution in [3.05, 3.63) is 66.6 Å². The molecule has 0 aliphatic carbocycles. The Labute approximate surface area is 161 Å². The van der Waals surface area contributed by atoms with Crippen molar-refractivity contribution in [3.63, 3.8) is 0 Å². The van der Waals surface area contributed by atoms with E-state index >= 15 is 0 Å². The summed E-state index contributed by atoms with van der Waals surface area (Å²) < 4.78 is 7.07. The fraction of sp³-hybridized carbons (Fsp3) is 0.200. The fourth-order valence-electron chi connectivity index (χ4n) is 2.85. The molecule has 1 atom stereocenters. The summed E-state index contributed by atoms with van der Waals surface area (Å²) in [6, 6.07) is 14.5. The average Bonchev–Trinajstić information content (AvgIpc) is 3.13. The van der Waals surface area contributed by atoms with Gasteiger partial charge in [-0.3, -0.25) is 9.88 Å². The molecule has 134 valence electrons. The molecule has 0 saturated heterocycles. The van der Waals surface area contributed by atoms with Crippen LogP contribution in [-0.2, 0) is 11.2 Å². The molecule has 1 aromatic carbocycles. The molecule has 27 heavy (non-hydrogen) atoms. The first-order chi connectivity index (χ1) is 13.3. The number of amidine groups is 1. The monoisotopic (exact) mass is 375 g/mol. The van der Waals surface area contributed by atoms with Crippen molar-refractivity contribution in [3.8, 4) is 6.07 Å². The summed E-state index contributed by atoms with van der Waals surface area (Å²) in [5, 5.41) is 10.00. The van der Waals surface area contributed by atoms with Crippen LogP contribution in [0.3, 0.4) is 0 Å². The lowest BCUT2D eigenvalue weighted by molar-refractivity contribution is 0.297. The fourth-order valence-corrected chi connectivity index (χ4v) is 3.87. The number of pyridine rings is 1. The van der Waals surface area contributed by atoms with Gasteiger partial charge in [0.25, 0.3) is 6.02 Å². The van der Waals surface area contributed by atoms with E-state index in [1.165, 1.54) is 0 Å². The molecule has 0 saturated carbocycles. The Hall–Kier alpha value is -3.24. The minimum Gasteiger partial charge on any atom is -0.464 e. The van der Waals surface area contributed by atoms with Crippen molar-refractivity contribution in [2.75, 3.05) is 11.5 Å². The van der Waals surface area contributed by atoms with Gasteiger partial charge in [-0.25, -0.2) is 9.98 Å². The van der Waals surface area contributed by atoms with Crippen LogP contribution in [0.4, 0.5) is 5.13 Å². The number of rotatable bonds is 5. The third-order valence-electron chi connectivity index (χ3n) is 4.16. The van der Waals surface area contributed by atoms with Crippen LogP contribution >= 0.6 is 11.3 Å². The highest BCUT2D eigenvalue weighted by molar-refractivity contribution is 7.22. The number of anilines is 1. The van der Waals surface area contributed by atoms with Crippen LogP contribution in [0.5, 0.6) is 0 Å². The van der Waals surface area contributed by atoms with Gasteiger partial charge in [0.1, 0.15) is 0 Å². The second kappa shape index (κ2) is 7.98. The Morgan fingerprint density at radius 3 is 2.96 bits per heavy atom. The molecule has 0 bridgehead atoms. The topological polar surface area (TPSA) is 74.4 Å². The molecule has 0 spiro atoms. The summed E-state index contributed by atoms with van der Waals surface area (Å²) in [5.74, 6) is 0. The van der Waals surface area contributed by atoms with Crippen LogP contribution in [0.15, 0.2) is 66.1 Å². The van der Waals surface area contributed by atoms with Gasteiger partial charge in [0.05, 0.1) is 35.4 Å². The minimum atomic E-state index is -0.151. The summed E-state index contributed by atoms with van der Waals surface area (Å²) in [6.07, 6.45) is 8.25. The van der Waals surface area contributed by atoms with E-state index in [1.54, 1.807) is 23.7 Å². The lowest BCUT2D eigenvalue weighted by Gasteiger charge is -2.30. The van der Waals surface area contributed by atoms with E-state index in [4.69, 9.17) is 9.72 Å². The smallest absolute Gasteiger partial charge is 0.299 e. The van der Waals surface area contributed by atoms with Gasteiger partial charge in [0.2, 0.25) is 0 Å². The average molecular weight is 375 g/mol. The van der Waals surface area contributed by atoms with Gasteiger partial charge in [-0.2, -0.15) is 5.26 Å². The number of nitrogens with zero attached hydrogens (tertiary/aromatic N) is 5. The van der Waals surface area contributed by atoms with E-state index in [9.17, 15) is 5.26 Å².